The minimum absolute atomic E-state index is 0.00264. The van der Waals surface area contributed by atoms with Crippen molar-refractivity contribution in [1.82, 2.24) is 10.2 Å². The molecule has 33 heavy (non-hydrogen) atoms. The van der Waals surface area contributed by atoms with E-state index in [-0.39, 0.29) is 24.8 Å². The Morgan fingerprint density at radius 1 is 0.939 bits per heavy atom. The van der Waals surface area contributed by atoms with Crippen LogP contribution in [0, 0.1) is 5.82 Å². The lowest BCUT2D eigenvalue weighted by Crippen LogP contribution is -2.50. The van der Waals surface area contributed by atoms with Crippen LogP contribution in [0.15, 0.2) is 78.9 Å². The number of carbonyl (C=O) groups is 2. The number of likely N-dealkylation sites (N-methyl/N-ethyl adjacent to an activating group) is 1. The summed E-state index contributed by atoms with van der Waals surface area (Å²) >= 11 is 6.26. The van der Waals surface area contributed by atoms with Crippen molar-refractivity contribution < 1.29 is 14.0 Å². The fraction of sp³-hybridized carbons (Fsp3) is 0.259. The first kappa shape index (κ1) is 24.5. The third kappa shape index (κ3) is 6.90. The Bertz CT molecular complexity index is 1070. The normalized spacial score (nSPS) is 11.6. The van der Waals surface area contributed by atoms with Gasteiger partial charge >= 0.3 is 0 Å². The number of benzene rings is 3. The van der Waals surface area contributed by atoms with Crippen LogP contribution in [-0.2, 0) is 29.0 Å². The van der Waals surface area contributed by atoms with Gasteiger partial charge in [0.1, 0.15) is 11.9 Å². The topological polar surface area (TPSA) is 49.4 Å². The summed E-state index contributed by atoms with van der Waals surface area (Å²) < 4.78 is 14.5. The van der Waals surface area contributed by atoms with Crippen LogP contribution >= 0.6 is 11.6 Å². The van der Waals surface area contributed by atoms with Crippen LogP contribution in [0.3, 0.4) is 0 Å². The van der Waals surface area contributed by atoms with E-state index < -0.39 is 11.9 Å². The summed E-state index contributed by atoms with van der Waals surface area (Å²) in [5, 5.41) is 3.43. The van der Waals surface area contributed by atoms with E-state index in [1.807, 2.05) is 55.5 Å². The maximum atomic E-state index is 14.5. The van der Waals surface area contributed by atoms with Gasteiger partial charge in [-0.05, 0) is 36.6 Å². The quantitative estimate of drug-likeness (QED) is 0.447. The number of hydrogen-bond donors (Lipinski definition) is 1. The molecule has 0 saturated heterocycles. The van der Waals surface area contributed by atoms with Gasteiger partial charge in [-0.25, -0.2) is 4.39 Å². The van der Waals surface area contributed by atoms with Gasteiger partial charge in [0.05, 0.1) is 0 Å². The molecule has 0 saturated carbocycles. The van der Waals surface area contributed by atoms with Crippen molar-refractivity contribution in [3.8, 4) is 0 Å². The fourth-order valence-corrected chi connectivity index (χ4v) is 3.97. The molecule has 2 amide bonds. The Labute approximate surface area is 199 Å². The zero-order chi connectivity index (χ0) is 23.6. The molecule has 3 aromatic carbocycles. The molecule has 1 N–H and O–H groups in total. The van der Waals surface area contributed by atoms with Crippen LogP contribution in [0.25, 0.3) is 0 Å². The molecule has 0 radical (unpaired) electrons. The Balaban J connectivity index is 1.91. The lowest BCUT2D eigenvalue weighted by atomic mass is 10.0. The van der Waals surface area contributed by atoms with E-state index in [0.29, 0.717) is 30.0 Å². The molecule has 3 rings (SSSR count). The Hall–Kier alpha value is -3.18. The van der Waals surface area contributed by atoms with E-state index in [0.717, 1.165) is 11.1 Å². The standard InChI is InChI=1S/C27H28ClFN2O2/c1-2-30-27(33)25(18-20-10-4-3-5-11-20)31(19-22-13-7-9-15-24(22)29)26(32)17-16-21-12-6-8-14-23(21)28/h3-15,25H,2,16-19H2,1H3,(H,30,33). The second-order valence-corrected chi connectivity index (χ2v) is 8.21. The maximum Gasteiger partial charge on any atom is 0.243 e. The number of halogens is 2. The van der Waals surface area contributed by atoms with Crippen molar-refractivity contribution in [2.45, 2.75) is 38.8 Å². The Morgan fingerprint density at radius 3 is 2.24 bits per heavy atom. The monoisotopic (exact) mass is 466 g/mol. The molecule has 0 heterocycles. The first-order valence-corrected chi connectivity index (χ1v) is 11.4. The molecule has 172 valence electrons. The van der Waals surface area contributed by atoms with Gasteiger partial charge in [-0.2, -0.15) is 0 Å². The van der Waals surface area contributed by atoms with Gasteiger partial charge < -0.3 is 10.2 Å². The average Bonchev–Trinajstić information content (AvgIpc) is 2.82. The molecule has 0 bridgehead atoms. The van der Waals surface area contributed by atoms with Crippen molar-refractivity contribution in [3.63, 3.8) is 0 Å². The smallest absolute Gasteiger partial charge is 0.243 e. The third-order valence-corrected chi connectivity index (χ3v) is 5.86. The van der Waals surface area contributed by atoms with Crippen LogP contribution in [-0.4, -0.2) is 29.3 Å². The zero-order valence-electron chi connectivity index (χ0n) is 18.6. The van der Waals surface area contributed by atoms with Gasteiger partial charge in [0.2, 0.25) is 11.8 Å². The van der Waals surface area contributed by atoms with Crippen LogP contribution in [0.2, 0.25) is 5.02 Å². The predicted molar refractivity (Wildman–Crippen MR) is 129 cm³/mol. The largest absolute Gasteiger partial charge is 0.355 e. The van der Waals surface area contributed by atoms with Crippen molar-refractivity contribution in [2.75, 3.05) is 6.54 Å². The average molecular weight is 467 g/mol. The van der Waals surface area contributed by atoms with Gasteiger partial charge in [-0.15, -0.1) is 0 Å². The molecule has 0 spiro atoms. The Morgan fingerprint density at radius 2 is 1.58 bits per heavy atom. The second kappa shape index (κ2) is 12.2. The van der Waals surface area contributed by atoms with Crippen LogP contribution in [0.4, 0.5) is 4.39 Å². The minimum atomic E-state index is -0.772. The summed E-state index contributed by atoms with van der Waals surface area (Å²) in [6, 6.07) is 22.4. The van der Waals surface area contributed by atoms with Crippen LogP contribution < -0.4 is 5.32 Å². The summed E-state index contributed by atoms with van der Waals surface area (Å²) in [5.41, 5.74) is 2.15. The van der Waals surface area contributed by atoms with Crippen molar-refractivity contribution in [2.24, 2.45) is 0 Å². The molecule has 6 heteroatoms. The molecular weight excluding hydrogens is 439 g/mol. The maximum absolute atomic E-state index is 14.5. The van der Waals surface area contributed by atoms with Crippen LogP contribution in [0.1, 0.15) is 30.0 Å². The number of amides is 2. The summed E-state index contributed by atoms with van der Waals surface area (Å²) in [6.45, 7) is 2.27. The second-order valence-electron chi connectivity index (χ2n) is 7.80. The fourth-order valence-electron chi connectivity index (χ4n) is 3.74. The Kier molecular flexibility index (Phi) is 9.02. The highest BCUT2D eigenvalue weighted by Gasteiger charge is 2.30. The lowest BCUT2D eigenvalue weighted by molar-refractivity contribution is -0.141. The summed E-state index contributed by atoms with van der Waals surface area (Å²) in [6.07, 6.45) is 0.918. The van der Waals surface area contributed by atoms with E-state index in [1.54, 1.807) is 24.3 Å². The number of rotatable bonds is 10. The highest BCUT2D eigenvalue weighted by molar-refractivity contribution is 6.31. The molecule has 1 unspecified atom stereocenters. The number of nitrogens with zero attached hydrogens (tertiary/aromatic N) is 1. The first-order valence-electron chi connectivity index (χ1n) is 11.1. The third-order valence-electron chi connectivity index (χ3n) is 5.49. The van der Waals surface area contributed by atoms with Crippen LogP contribution in [0.5, 0.6) is 0 Å². The highest BCUT2D eigenvalue weighted by Crippen LogP contribution is 2.20. The van der Waals surface area contributed by atoms with Crippen molar-refractivity contribution >= 4 is 23.4 Å². The summed E-state index contributed by atoms with van der Waals surface area (Å²) in [5.74, 6) is -0.898. The number of nitrogens with one attached hydrogen (secondary N) is 1. The highest BCUT2D eigenvalue weighted by atomic mass is 35.5. The molecule has 3 aromatic rings. The molecule has 0 aliphatic rings. The molecular formula is C27H28ClFN2O2. The molecule has 0 aliphatic heterocycles. The summed E-state index contributed by atoms with van der Waals surface area (Å²) in [7, 11) is 0. The molecule has 1 atom stereocenters. The molecule has 0 aromatic heterocycles. The van der Waals surface area contributed by atoms with Gasteiger partial charge in [-0.1, -0.05) is 78.3 Å². The number of aryl methyl sites for hydroxylation is 1. The van der Waals surface area contributed by atoms with Crippen molar-refractivity contribution in [1.29, 1.82) is 0 Å². The van der Waals surface area contributed by atoms with E-state index >= 15 is 0 Å². The van der Waals surface area contributed by atoms with Gasteiger partial charge in [0.15, 0.2) is 0 Å². The first-order chi connectivity index (χ1) is 16.0. The lowest BCUT2D eigenvalue weighted by Gasteiger charge is -2.31. The van der Waals surface area contributed by atoms with Gasteiger partial charge in [-0.3, -0.25) is 9.59 Å². The zero-order valence-corrected chi connectivity index (χ0v) is 19.4. The van der Waals surface area contributed by atoms with E-state index in [4.69, 9.17) is 11.6 Å². The molecule has 0 fully saturated rings. The van der Waals surface area contributed by atoms with E-state index in [2.05, 4.69) is 5.32 Å². The predicted octanol–water partition coefficient (Wildman–Crippen LogP) is 5.19. The van der Waals surface area contributed by atoms with Crippen molar-refractivity contribution in [3.05, 3.63) is 106 Å². The van der Waals surface area contributed by atoms with Gasteiger partial charge in [0, 0.05) is 36.5 Å². The molecule has 0 aliphatic carbocycles. The number of carbonyl (C=O) groups excluding carboxylic acids is 2. The van der Waals surface area contributed by atoms with E-state index in [9.17, 15) is 14.0 Å². The summed E-state index contributed by atoms with van der Waals surface area (Å²) in [4.78, 5) is 28.0. The minimum Gasteiger partial charge on any atom is -0.355 e. The van der Waals surface area contributed by atoms with E-state index in [1.165, 1.54) is 11.0 Å². The SMILES string of the molecule is CCNC(=O)C(Cc1ccccc1)N(Cc1ccccc1F)C(=O)CCc1ccccc1Cl. The molecule has 4 nitrogen and oxygen atoms in total. The van der Waals surface area contributed by atoms with Gasteiger partial charge in [0.25, 0.3) is 0 Å². The number of hydrogen-bond acceptors (Lipinski definition) is 2.